The molecule has 1 atom stereocenters. The molecule has 3 N–H and O–H groups in total. The van der Waals surface area contributed by atoms with Crippen LogP contribution in [0.1, 0.15) is 25.7 Å². The topological polar surface area (TPSA) is 55.1 Å². The normalized spacial score (nSPS) is 33.1. The Morgan fingerprint density at radius 3 is 2.50 bits per heavy atom. The molecular weight excluding hydrogens is 128 g/mol. The Labute approximate surface area is 59.9 Å². The van der Waals surface area contributed by atoms with Crippen molar-refractivity contribution in [2.75, 3.05) is 0 Å². The maximum absolute atomic E-state index is 11.0. The quantitative estimate of drug-likeness (QED) is 0.310. The second-order valence-electron chi connectivity index (χ2n) is 3.46. The van der Waals surface area contributed by atoms with Crippen molar-refractivity contribution < 1.29 is 4.79 Å². The smallest absolute Gasteiger partial charge is 0.237 e. The van der Waals surface area contributed by atoms with Crippen LogP contribution in [0.2, 0.25) is 0 Å². The maximum atomic E-state index is 11.0. The van der Waals surface area contributed by atoms with Gasteiger partial charge in [-0.15, -0.1) is 0 Å². The number of carbonyl (C=O) groups is 1. The molecule has 3 nitrogen and oxygen atoms in total. The number of hydrazine groups is 1. The molecule has 1 spiro atoms. The van der Waals surface area contributed by atoms with E-state index in [2.05, 4.69) is 5.43 Å². The summed E-state index contributed by atoms with van der Waals surface area (Å²) >= 11 is 0. The molecule has 56 valence electrons. The van der Waals surface area contributed by atoms with Crippen molar-refractivity contribution in [3.63, 3.8) is 0 Å². The van der Waals surface area contributed by atoms with Crippen molar-refractivity contribution in [2.45, 2.75) is 25.7 Å². The molecule has 2 rings (SSSR count). The molecule has 10 heavy (non-hydrogen) atoms. The molecule has 0 bridgehead atoms. The molecule has 3 heteroatoms. The van der Waals surface area contributed by atoms with E-state index in [4.69, 9.17) is 5.84 Å². The molecular formula is C7H12N2O. The summed E-state index contributed by atoms with van der Waals surface area (Å²) in [5, 5.41) is 0. The molecule has 1 unspecified atom stereocenters. The lowest BCUT2D eigenvalue weighted by Gasteiger charge is -2.35. The van der Waals surface area contributed by atoms with Gasteiger partial charge in [0.05, 0.1) is 0 Å². The minimum atomic E-state index is 0.0451. The lowest BCUT2D eigenvalue weighted by Crippen LogP contribution is -2.44. The molecule has 2 aliphatic carbocycles. The van der Waals surface area contributed by atoms with E-state index in [0.717, 1.165) is 6.42 Å². The van der Waals surface area contributed by atoms with E-state index in [1.165, 1.54) is 19.3 Å². The minimum Gasteiger partial charge on any atom is -0.294 e. The highest BCUT2D eigenvalue weighted by atomic mass is 16.2. The van der Waals surface area contributed by atoms with Crippen LogP contribution in [0.15, 0.2) is 0 Å². The van der Waals surface area contributed by atoms with Gasteiger partial charge >= 0.3 is 0 Å². The second-order valence-corrected chi connectivity index (χ2v) is 3.46. The highest BCUT2D eigenvalue weighted by Crippen LogP contribution is 2.64. The molecule has 0 aromatic rings. The summed E-state index contributed by atoms with van der Waals surface area (Å²) in [5.41, 5.74) is 2.64. The monoisotopic (exact) mass is 140 g/mol. The number of nitrogens with one attached hydrogen (secondary N) is 1. The summed E-state index contributed by atoms with van der Waals surface area (Å²) in [4.78, 5) is 11.0. The van der Waals surface area contributed by atoms with Gasteiger partial charge in [0.25, 0.3) is 0 Å². The van der Waals surface area contributed by atoms with Crippen LogP contribution < -0.4 is 11.3 Å². The van der Waals surface area contributed by atoms with Crippen LogP contribution in [-0.2, 0) is 4.79 Å². The lowest BCUT2D eigenvalue weighted by molar-refractivity contribution is -0.131. The number of amides is 1. The van der Waals surface area contributed by atoms with Gasteiger partial charge in [-0.1, -0.05) is 0 Å². The van der Waals surface area contributed by atoms with Gasteiger partial charge in [-0.2, -0.15) is 0 Å². The van der Waals surface area contributed by atoms with Gasteiger partial charge in [0.2, 0.25) is 5.91 Å². The predicted molar refractivity (Wildman–Crippen MR) is 36.7 cm³/mol. The SMILES string of the molecule is NNC(=O)C1CCC12CC2. The fourth-order valence-corrected chi connectivity index (χ4v) is 1.97. The number of hydrogen-bond donors (Lipinski definition) is 2. The summed E-state index contributed by atoms with van der Waals surface area (Å²) in [6.45, 7) is 0. The molecule has 2 saturated carbocycles. The second kappa shape index (κ2) is 1.72. The Morgan fingerprint density at radius 1 is 1.50 bits per heavy atom. The lowest BCUT2D eigenvalue weighted by atomic mass is 9.70. The van der Waals surface area contributed by atoms with Crippen molar-refractivity contribution in [3.05, 3.63) is 0 Å². The average Bonchev–Trinajstić information content (AvgIpc) is 2.65. The first-order valence-electron chi connectivity index (χ1n) is 3.79. The van der Waals surface area contributed by atoms with Crippen molar-refractivity contribution >= 4 is 5.91 Å². The standard InChI is InChI=1S/C7H12N2O/c8-9-6(10)5-1-2-7(5)3-4-7/h5H,1-4,8H2,(H,9,10). The van der Waals surface area contributed by atoms with Gasteiger partial charge in [0.15, 0.2) is 0 Å². The van der Waals surface area contributed by atoms with E-state index in [0.29, 0.717) is 5.41 Å². The number of carbonyl (C=O) groups excluding carboxylic acids is 1. The summed E-state index contributed by atoms with van der Waals surface area (Å²) in [7, 11) is 0. The van der Waals surface area contributed by atoms with Crippen LogP contribution in [0, 0.1) is 11.3 Å². The zero-order chi connectivity index (χ0) is 7.19. The van der Waals surface area contributed by atoms with Crippen LogP contribution in [-0.4, -0.2) is 5.91 Å². The van der Waals surface area contributed by atoms with Gasteiger partial charge in [0, 0.05) is 5.92 Å². The fourth-order valence-electron chi connectivity index (χ4n) is 1.97. The molecule has 2 aliphatic rings. The first kappa shape index (κ1) is 6.16. The molecule has 0 radical (unpaired) electrons. The maximum Gasteiger partial charge on any atom is 0.237 e. The van der Waals surface area contributed by atoms with Crippen molar-refractivity contribution in [1.82, 2.24) is 5.43 Å². The van der Waals surface area contributed by atoms with Crippen LogP contribution in [0.3, 0.4) is 0 Å². The van der Waals surface area contributed by atoms with E-state index in [1.54, 1.807) is 0 Å². The van der Waals surface area contributed by atoms with Gasteiger partial charge < -0.3 is 0 Å². The molecule has 0 heterocycles. The molecule has 0 aromatic carbocycles. The Bertz CT molecular complexity index is 174. The zero-order valence-electron chi connectivity index (χ0n) is 5.89. The highest BCUT2D eigenvalue weighted by molar-refractivity contribution is 5.80. The first-order valence-corrected chi connectivity index (χ1v) is 3.79. The molecule has 1 amide bonds. The third-order valence-electron chi connectivity index (χ3n) is 3.02. The van der Waals surface area contributed by atoms with E-state index in [9.17, 15) is 4.79 Å². The number of rotatable bonds is 1. The largest absolute Gasteiger partial charge is 0.294 e. The summed E-state index contributed by atoms with van der Waals surface area (Å²) in [6.07, 6.45) is 4.77. The Morgan fingerprint density at radius 2 is 2.20 bits per heavy atom. The van der Waals surface area contributed by atoms with Crippen LogP contribution in [0.25, 0.3) is 0 Å². The minimum absolute atomic E-state index is 0.0451. The van der Waals surface area contributed by atoms with Crippen LogP contribution in [0.4, 0.5) is 0 Å². The van der Waals surface area contributed by atoms with Crippen LogP contribution in [0.5, 0.6) is 0 Å². The average molecular weight is 140 g/mol. The van der Waals surface area contributed by atoms with Crippen molar-refractivity contribution in [2.24, 2.45) is 17.2 Å². The summed E-state index contributed by atoms with van der Waals surface area (Å²) < 4.78 is 0. The Hall–Kier alpha value is -0.570. The summed E-state index contributed by atoms with van der Waals surface area (Å²) in [6, 6.07) is 0. The molecule has 2 fully saturated rings. The van der Waals surface area contributed by atoms with Gasteiger partial charge in [0.1, 0.15) is 0 Å². The number of hydrogen-bond acceptors (Lipinski definition) is 2. The molecule has 0 saturated heterocycles. The fraction of sp³-hybridized carbons (Fsp3) is 0.857. The van der Waals surface area contributed by atoms with Crippen LogP contribution >= 0.6 is 0 Å². The van der Waals surface area contributed by atoms with Gasteiger partial charge in [-0.05, 0) is 31.1 Å². The molecule has 0 aliphatic heterocycles. The van der Waals surface area contributed by atoms with E-state index < -0.39 is 0 Å². The third kappa shape index (κ3) is 0.611. The van der Waals surface area contributed by atoms with Crippen molar-refractivity contribution in [3.8, 4) is 0 Å². The zero-order valence-corrected chi connectivity index (χ0v) is 5.89. The van der Waals surface area contributed by atoms with Gasteiger partial charge in [-0.25, -0.2) is 5.84 Å². The van der Waals surface area contributed by atoms with E-state index >= 15 is 0 Å². The molecule has 0 aromatic heterocycles. The van der Waals surface area contributed by atoms with E-state index in [-0.39, 0.29) is 11.8 Å². The Kier molecular flexibility index (Phi) is 1.06. The number of nitrogens with two attached hydrogens (primary N) is 1. The van der Waals surface area contributed by atoms with Crippen molar-refractivity contribution in [1.29, 1.82) is 0 Å². The predicted octanol–water partition coefficient (Wildman–Crippen LogP) is 0.166. The third-order valence-corrected chi connectivity index (χ3v) is 3.02. The first-order chi connectivity index (χ1) is 4.78. The summed E-state index contributed by atoms with van der Waals surface area (Å²) in [5.74, 6) is 5.32. The van der Waals surface area contributed by atoms with Gasteiger partial charge in [-0.3, -0.25) is 10.2 Å². The Balaban J connectivity index is 2.00. The van der Waals surface area contributed by atoms with E-state index in [1.807, 2.05) is 0 Å². The highest BCUT2D eigenvalue weighted by Gasteiger charge is 2.58.